The zero-order valence-electron chi connectivity index (χ0n) is 23.7. The molecule has 8 nitrogen and oxygen atoms in total. The summed E-state index contributed by atoms with van der Waals surface area (Å²) >= 11 is 0. The Morgan fingerprint density at radius 3 is 2.27 bits per heavy atom. The molecule has 0 bridgehead atoms. The minimum absolute atomic E-state index is 0.0442. The van der Waals surface area contributed by atoms with Crippen LogP contribution in [0.2, 0.25) is 0 Å². The fourth-order valence-corrected chi connectivity index (χ4v) is 4.14. The number of hydrogen-bond acceptors (Lipinski definition) is 5. The van der Waals surface area contributed by atoms with Crippen molar-refractivity contribution in [2.45, 2.75) is 85.7 Å². The van der Waals surface area contributed by atoms with Crippen molar-refractivity contribution in [2.75, 3.05) is 20.8 Å². The molecule has 2 unspecified atom stereocenters. The van der Waals surface area contributed by atoms with E-state index in [-0.39, 0.29) is 30.2 Å². The maximum Gasteiger partial charge on any atom is 0.272 e. The number of hydrogen-bond donors (Lipinski definition) is 2. The number of methoxy groups -OCH3 is 2. The lowest BCUT2D eigenvalue weighted by Gasteiger charge is -2.21. The van der Waals surface area contributed by atoms with E-state index in [0.29, 0.717) is 36.2 Å². The van der Waals surface area contributed by atoms with Crippen molar-refractivity contribution in [3.63, 3.8) is 0 Å². The van der Waals surface area contributed by atoms with Gasteiger partial charge in [-0.1, -0.05) is 66.4 Å². The first-order valence-corrected chi connectivity index (χ1v) is 13.6. The molecule has 2 amide bonds. The number of unbranched alkanes of at least 4 members (excludes halogenated alkanes) is 3. The fraction of sp³-hybridized carbons (Fsp3) is 0.621. The summed E-state index contributed by atoms with van der Waals surface area (Å²) in [5.74, 6) is 1.40. The molecule has 1 aromatic carbocycles. The van der Waals surface area contributed by atoms with Crippen LogP contribution in [0, 0.1) is 11.8 Å². The van der Waals surface area contributed by atoms with E-state index in [0.717, 1.165) is 36.9 Å². The third kappa shape index (κ3) is 8.79. The number of carbonyl (C=O) groups is 2. The van der Waals surface area contributed by atoms with Crippen molar-refractivity contribution >= 4 is 11.8 Å². The topological polar surface area (TPSA) is 94.5 Å². The number of nitrogens with zero attached hydrogens (tertiary/aromatic N) is 2. The molecule has 1 aromatic heterocycles. The lowest BCUT2D eigenvalue weighted by atomic mass is 10.00. The van der Waals surface area contributed by atoms with Crippen LogP contribution in [-0.2, 0) is 11.3 Å². The molecule has 8 heteroatoms. The van der Waals surface area contributed by atoms with Crippen molar-refractivity contribution in [3.8, 4) is 22.8 Å². The molecule has 2 N–H and O–H groups in total. The third-order valence-corrected chi connectivity index (χ3v) is 6.76. The highest BCUT2D eigenvalue weighted by Crippen LogP contribution is 2.39. The van der Waals surface area contributed by atoms with Crippen molar-refractivity contribution < 1.29 is 19.1 Å². The molecule has 0 radical (unpaired) electrons. The molecule has 0 aliphatic heterocycles. The van der Waals surface area contributed by atoms with Crippen LogP contribution in [0.5, 0.6) is 11.5 Å². The summed E-state index contributed by atoms with van der Waals surface area (Å²) in [5, 5.41) is 10.7. The van der Waals surface area contributed by atoms with Crippen LogP contribution in [0.4, 0.5) is 0 Å². The predicted molar refractivity (Wildman–Crippen MR) is 148 cm³/mol. The second-order valence-corrected chi connectivity index (χ2v) is 10.1. The first kappa shape index (κ1) is 30.2. The highest BCUT2D eigenvalue weighted by atomic mass is 16.5. The number of benzene rings is 1. The molecular formula is C29H46N4O4. The molecule has 2 atom stereocenters. The SMILES string of the molecule is CCCCCCNC(=O)CC(NC(=O)c1cc(-c2c(OC)cccc2OC)n(CC(C)CC)n1)C(C)C. The van der Waals surface area contributed by atoms with Crippen molar-refractivity contribution in [3.05, 3.63) is 30.0 Å². The molecule has 0 spiro atoms. The lowest BCUT2D eigenvalue weighted by Crippen LogP contribution is -2.42. The summed E-state index contributed by atoms with van der Waals surface area (Å²) in [6.45, 7) is 11.8. The number of carbonyl (C=O) groups excluding carboxylic acids is 2. The first-order chi connectivity index (χ1) is 17.7. The Labute approximate surface area is 222 Å². The van der Waals surface area contributed by atoms with Crippen LogP contribution in [0.25, 0.3) is 11.3 Å². The molecule has 37 heavy (non-hydrogen) atoms. The summed E-state index contributed by atoms with van der Waals surface area (Å²) < 4.78 is 13.1. The van der Waals surface area contributed by atoms with E-state index in [2.05, 4.69) is 36.5 Å². The van der Waals surface area contributed by atoms with Gasteiger partial charge in [0.05, 0.1) is 25.5 Å². The number of nitrogens with one attached hydrogen (secondary N) is 2. The molecule has 2 rings (SSSR count). The van der Waals surface area contributed by atoms with E-state index in [1.807, 2.05) is 36.7 Å². The summed E-state index contributed by atoms with van der Waals surface area (Å²) in [6.07, 6.45) is 5.63. The molecule has 1 heterocycles. The lowest BCUT2D eigenvalue weighted by molar-refractivity contribution is -0.121. The number of aromatic nitrogens is 2. The van der Waals surface area contributed by atoms with Gasteiger partial charge in [-0.15, -0.1) is 0 Å². The monoisotopic (exact) mass is 514 g/mol. The second kappa shape index (κ2) is 15.3. The molecule has 0 saturated heterocycles. The van der Waals surface area contributed by atoms with Gasteiger partial charge in [0.2, 0.25) is 5.91 Å². The smallest absolute Gasteiger partial charge is 0.272 e. The minimum atomic E-state index is -0.299. The third-order valence-electron chi connectivity index (χ3n) is 6.76. The van der Waals surface area contributed by atoms with Gasteiger partial charge in [-0.25, -0.2) is 0 Å². The van der Waals surface area contributed by atoms with Crippen LogP contribution in [0.3, 0.4) is 0 Å². The molecule has 206 valence electrons. The van der Waals surface area contributed by atoms with Crippen LogP contribution >= 0.6 is 0 Å². The van der Waals surface area contributed by atoms with Crippen molar-refractivity contribution in [1.29, 1.82) is 0 Å². The average Bonchev–Trinajstić information content (AvgIpc) is 3.30. The average molecular weight is 515 g/mol. The van der Waals surface area contributed by atoms with E-state index < -0.39 is 0 Å². The Hall–Kier alpha value is -3.03. The van der Waals surface area contributed by atoms with Gasteiger partial charge in [0.15, 0.2) is 5.69 Å². The number of rotatable bonds is 16. The van der Waals surface area contributed by atoms with Crippen LogP contribution in [-0.4, -0.2) is 48.4 Å². The van der Waals surface area contributed by atoms with E-state index in [9.17, 15) is 9.59 Å². The molecule has 0 fully saturated rings. The van der Waals surface area contributed by atoms with E-state index >= 15 is 0 Å². The van der Waals surface area contributed by atoms with Crippen molar-refractivity contribution in [1.82, 2.24) is 20.4 Å². The number of amides is 2. The molecule has 0 saturated carbocycles. The molecular weight excluding hydrogens is 468 g/mol. The summed E-state index contributed by atoms with van der Waals surface area (Å²) in [4.78, 5) is 25.9. The summed E-state index contributed by atoms with van der Waals surface area (Å²) in [7, 11) is 3.23. The molecule has 0 aliphatic carbocycles. The molecule has 2 aromatic rings. The maximum atomic E-state index is 13.4. The largest absolute Gasteiger partial charge is 0.496 e. The summed E-state index contributed by atoms with van der Waals surface area (Å²) in [6, 6.07) is 7.09. The van der Waals surface area contributed by atoms with Gasteiger partial charge in [-0.3, -0.25) is 14.3 Å². The Morgan fingerprint density at radius 1 is 1.03 bits per heavy atom. The van der Waals surface area contributed by atoms with Gasteiger partial charge < -0.3 is 20.1 Å². The van der Waals surface area contributed by atoms with Gasteiger partial charge in [-0.05, 0) is 36.5 Å². The van der Waals surface area contributed by atoms with Crippen LogP contribution in [0.15, 0.2) is 24.3 Å². The van der Waals surface area contributed by atoms with E-state index in [1.54, 1.807) is 20.3 Å². The predicted octanol–water partition coefficient (Wildman–Crippen LogP) is 5.45. The highest BCUT2D eigenvalue weighted by molar-refractivity contribution is 5.94. The molecule has 0 aliphatic rings. The zero-order chi connectivity index (χ0) is 27.4. The van der Waals surface area contributed by atoms with Gasteiger partial charge in [-0.2, -0.15) is 5.10 Å². The standard InChI is InChI=1S/C29H46N4O4/c1-8-10-11-12-16-30-27(34)18-22(20(3)4)31-29(35)23-17-24(33(32-23)19-21(5)9-2)28-25(36-6)14-13-15-26(28)37-7/h13-15,17,20-22H,8-12,16,18-19H2,1-7H3,(H,30,34)(H,31,35). The Kier molecular flexibility index (Phi) is 12.5. The van der Waals surface area contributed by atoms with Crippen LogP contribution in [0.1, 0.15) is 83.6 Å². The summed E-state index contributed by atoms with van der Waals surface area (Å²) in [5.41, 5.74) is 1.81. The van der Waals surface area contributed by atoms with Crippen molar-refractivity contribution in [2.24, 2.45) is 11.8 Å². The number of ether oxygens (including phenoxy) is 2. The van der Waals surface area contributed by atoms with Gasteiger partial charge >= 0.3 is 0 Å². The van der Waals surface area contributed by atoms with Gasteiger partial charge in [0, 0.05) is 25.6 Å². The van der Waals surface area contributed by atoms with E-state index in [1.165, 1.54) is 6.42 Å². The van der Waals surface area contributed by atoms with Crippen LogP contribution < -0.4 is 20.1 Å². The highest BCUT2D eigenvalue weighted by Gasteiger charge is 2.25. The minimum Gasteiger partial charge on any atom is -0.496 e. The Bertz CT molecular complexity index is 980. The Morgan fingerprint density at radius 2 is 1.70 bits per heavy atom. The quantitative estimate of drug-likeness (QED) is 0.290. The normalized spacial score (nSPS) is 12.8. The van der Waals surface area contributed by atoms with E-state index in [4.69, 9.17) is 9.47 Å². The van der Waals surface area contributed by atoms with Gasteiger partial charge in [0.25, 0.3) is 5.91 Å². The maximum absolute atomic E-state index is 13.4. The fourth-order valence-electron chi connectivity index (χ4n) is 4.14. The van der Waals surface area contributed by atoms with Gasteiger partial charge in [0.1, 0.15) is 11.5 Å². The zero-order valence-corrected chi connectivity index (χ0v) is 23.7. The first-order valence-electron chi connectivity index (χ1n) is 13.6. The second-order valence-electron chi connectivity index (χ2n) is 10.1. The Balaban J connectivity index is 2.27.